The molecule has 0 unspecified atom stereocenters. The predicted octanol–water partition coefficient (Wildman–Crippen LogP) is 3.64. The Bertz CT molecular complexity index is 1130. The fraction of sp³-hybridized carbons (Fsp3) is 0.105. The third kappa shape index (κ3) is 3.95. The molecule has 0 aliphatic carbocycles. The van der Waals surface area contributed by atoms with Gasteiger partial charge in [0.2, 0.25) is 0 Å². The predicted molar refractivity (Wildman–Crippen MR) is 109 cm³/mol. The number of phenols is 1. The molecular weight excluding hydrogens is 403 g/mol. The fourth-order valence-electron chi connectivity index (χ4n) is 2.65. The zero-order valence-electron chi connectivity index (χ0n) is 15.0. The number of aryl methyl sites for hydroxylation is 1. The van der Waals surface area contributed by atoms with E-state index >= 15 is 0 Å². The summed E-state index contributed by atoms with van der Waals surface area (Å²) in [6.45, 7) is 3.35. The first kappa shape index (κ1) is 19.7. The Morgan fingerprint density at radius 3 is 2.46 bits per heavy atom. The Hall–Kier alpha value is -3.03. The standard InChI is InChI=1S/C19H16Cl2N4O3/c1-10(22-23-18(27)12-3-6-14(26)7-4-12)17-11(2)24-25(19(17)28)13-5-8-15(20)16(21)9-13/h3-9,24,26H,1-2H3,(H,23,27)/b22-10-. The van der Waals surface area contributed by atoms with E-state index in [-0.39, 0.29) is 11.3 Å². The van der Waals surface area contributed by atoms with Crippen molar-refractivity contribution in [1.29, 1.82) is 0 Å². The van der Waals surface area contributed by atoms with Gasteiger partial charge in [-0.3, -0.25) is 14.7 Å². The highest BCUT2D eigenvalue weighted by Gasteiger charge is 2.16. The molecule has 9 heteroatoms. The zero-order chi connectivity index (χ0) is 20.4. The SMILES string of the molecule is C/C(=N/NC(=O)c1ccc(O)cc1)c1c(C)[nH]n(-c2ccc(Cl)c(Cl)c2)c1=O. The Balaban J connectivity index is 1.88. The second-order valence-corrected chi connectivity index (χ2v) is 6.85. The first-order chi connectivity index (χ1) is 13.3. The number of benzene rings is 2. The van der Waals surface area contributed by atoms with Crippen molar-refractivity contribution in [2.75, 3.05) is 0 Å². The highest BCUT2D eigenvalue weighted by atomic mass is 35.5. The zero-order valence-corrected chi connectivity index (χ0v) is 16.5. The molecule has 144 valence electrons. The summed E-state index contributed by atoms with van der Waals surface area (Å²) in [6.07, 6.45) is 0. The second kappa shape index (κ2) is 7.92. The number of carbonyl (C=O) groups excluding carboxylic acids is 1. The number of hydrazone groups is 1. The molecule has 3 N–H and O–H groups in total. The first-order valence-corrected chi connectivity index (χ1v) is 8.94. The Morgan fingerprint density at radius 2 is 1.82 bits per heavy atom. The molecule has 1 aromatic heterocycles. The van der Waals surface area contributed by atoms with Crippen LogP contribution in [0.1, 0.15) is 28.5 Å². The fourth-order valence-corrected chi connectivity index (χ4v) is 2.94. The number of phenolic OH excluding ortho intramolecular Hbond substituents is 1. The average molecular weight is 419 g/mol. The van der Waals surface area contributed by atoms with Gasteiger partial charge in [-0.05, 0) is 56.3 Å². The van der Waals surface area contributed by atoms with Crippen LogP contribution in [-0.4, -0.2) is 26.5 Å². The minimum Gasteiger partial charge on any atom is -0.508 e. The lowest BCUT2D eigenvalue weighted by Gasteiger charge is -2.03. The summed E-state index contributed by atoms with van der Waals surface area (Å²) < 4.78 is 1.33. The van der Waals surface area contributed by atoms with Gasteiger partial charge in [0.05, 0.1) is 27.0 Å². The van der Waals surface area contributed by atoms with E-state index in [0.29, 0.717) is 38.3 Å². The smallest absolute Gasteiger partial charge is 0.280 e. The number of rotatable bonds is 4. The van der Waals surface area contributed by atoms with Crippen molar-refractivity contribution in [3.8, 4) is 11.4 Å². The number of aromatic hydroxyl groups is 1. The lowest BCUT2D eigenvalue weighted by atomic mass is 10.2. The molecule has 2 aromatic carbocycles. The molecule has 7 nitrogen and oxygen atoms in total. The van der Waals surface area contributed by atoms with Crippen LogP contribution in [0.5, 0.6) is 5.75 Å². The maximum atomic E-state index is 12.8. The summed E-state index contributed by atoms with van der Waals surface area (Å²) in [5.74, 6) is -0.403. The highest BCUT2D eigenvalue weighted by Crippen LogP contribution is 2.24. The average Bonchev–Trinajstić information content (AvgIpc) is 2.96. The quantitative estimate of drug-likeness (QED) is 0.445. The molecule has 0 aliphatic rings. The van der Waals surface area contributed by atoms with Crippen molar-refractivity contribution >= 4 is 34.8 Å². The molecule has 0 aliphatic heterocycles. The second-order valence-electron chi connectivity index (χ2n) is 6.04. The van der Waals surface area contributed by atoms with E-state index in [1.807, 2.05) is 0 Å². The van der Waals surface area contributed by atoms with Gasteiger partial charge in [0, 0.05) is 11.3 Å². The largest absolute Gasteiger partial charge is 0.508 e. The van der Waals surface area contributed by atoms with Crippen LogP contribution in [0.2, 0.25) is 10.0 Å². The molecule has 0 spiro atoms. The summed E-state index contributed by atoms with van der Waals surface area (Å²) in [5.41, 5.74) is 4.16. The van der Waals surface area contributed by atoms with E-state index in [9.17, 15) is 14.7 Å². The van der Waals surface area contributed by atoms with Crippen LogP contribution in [0.25, 0.3) is 5.69 Å². The summed E-state index contributed by atoms with van der Waals surface area (Å²) in [6, 6.07) is 10.6. The number of nitrogens with zero attached hydrogens (tertiary/aromatic N) is 2. The molecular formula is C19H16Cl2N4O3. The number of hydrogen-bond acceptors (Lipinski definition) is 4. The number of amides is 1. The van der Waals surface area contributed by atoms with Crippen LogP contribution < -0.4 is 11.0 Å². The lowest BCUT2D eigenvalue weighted by molar-refractivity contribution is 0.0955. The van der Waals surface area contributed by atoms with Gasteiger partial charge in [0.15, 0.2) is 0 Å². The Kier molecular flexibility index (Phi) is 5.58. The van der Waals surface area contributed by atoms with Crippen LogP contribution >= 0.6 is 23.2 Å². The minimum absolute atomic E-state index is 0.0574. The van der Waals surface area contributed by atoms with E-state index in [1.165, 1.54) is 28.9 Å². The highest BCUT2D eigenvalue weighted by molar-refractivity contribution is 6.42. The number of hydrogen-bond donors (Lipinski definition) is 3. The molecule has 0 saturated carbocycles. The third-order valence-electron chi connectivity index (χ3n) is 4.05. The van der Waals surface area contributed by atoms with E-state index < -0.39 is 5.91 Å². The third-order valence-corrected chi connectivity index (χ3v) is 4.79. The summed E-state index contributed by atoms with van der Waals surface area (Å²) in [7, 11) is 0. The van der Waals surface area contributed by atoms with Gasteiger partial charge in [-0.2, -0.15) is 5.10 Å². The van der Waals surface area contributed by atoms with Crippen LogP contribution in [0.3, 0.4) is 0 Å². The topological polar surface area (TPSA) is 99.5 Å². The maximum Gasteiger partial charge on any atom is 0.280 e. The Labute approximate surface area is 170 Å². The molecule has 0 atom stereocenters. The molecule has 1 heterocycles. The molecule has 1 amide bonds. The monoisotopic (exact) mass is 418 g/mol. The van der Waals surface area contributed by atoms with Crippen molar-refractivity contribution in [2.45, 2.75) is 13.8 Å². The van der Waals surface area contributed by atoms with Crippen LogP contribution in [0, 0.1) is 6.92 Å². The first-order valence-electron chi connectivity index (χ1n) is 8.19. The van der Waals surface area contributed by atoms with Crippen LogP contribution in [0.15, 0.2) is 52.4 Å². The number of nitrogens with one attached hydrogen (secondary N) is 2. The molecule has 0 radical (unpaired) electrons. The van der Waals surface area contributed by atoms with E-state index in [1.54, 1.807) is 32.0 Å². The molecule has 0 bridgehead atoms. The van der Waals surface area contributed by atoms with Crippen LogP contribution in [-0.2, 0) is 0 Å². The molecule has 3 aromatic rings. The summed E-state index contributed by atoms with van der Waals surface area (Å²) >= 11 is 12.0. The summed E-state index contributed by atoms with van der Waals surface area (Å²) in [5, 5.41) is 17.0. The van der Waals surface area contributed by atoms with Crippen molar-refractivity contribution in [1.82, 2.24) is 15.2 Å². The number of H-pyrrole nitrogens is 1. The van der Waals surface area contributed by atoms with Gasteiger partial charge >= 0.3 is 0 Å². The minimum atomic E-state index is -0.461. The maximum absolute atomic E-state index is 12.8. The van der Waals surface area contributed by atoms with Crippen molar-refractivity contribution in [3.05, 3.63) is 79.7 Å². The molecule has 28 heavy (non-hydrogen) atoms. The summed E-state index contributed by atoms with van der Waals surface area (Å²) in [4.78, 5) is 25.0. The molecule has 3 rings (SSSR count). The number of carbonyl (C=O) groups is 1. The van der Waals surface area contributed by atoms with Crippen molar-refractivity contribution in [3.63, 3.8) is 0 Å². The number of aromatic nitrogens is 2. The van der Waals surface area contributed by atoms with Gasteiger partial charge in [0.1, 0.15) is 5.75 Å². The number of aromatic amines is 1. The Morgan fingerprint density at radius 1 is 1.14 bits per heavy atom. The molecule has 0 saturated heterocycles. The van der Waals surface area contributed by atoms with Crippen molar-refractivity contribution < 1.29 is 9.90 Å². The van der Waals surface area contributed by atoms with E-state index in [4.69, 9.17) is 23.2 Å². The van der Waals surface area contributed by atoms with Crippen LogP contribution in [0.4, 0.5) is 0 Å². The van der Waals surface area contributed by atoms with Gasteiger partial charge in [-0.15, -0.1) is 0 Å². The van der Waals surface area contributed by atoms with Gasteiger partial charge in [-0.1, -0.05) is 23.2 Å². The number of halogens is 2. The van der Waals surface area contributed by atoms with Crippen molar-refractivity contribution in [2.24, 2.45) is 5.10 Å². The van der Waals surface area contributed by atoms with Gasteiger partial charge in [0.25, 0.3) is 11.5 Å². The molecule has 0 fully saturated rings. The van der Waals surface area contributed by atoms with Gasteiger partial charge in [-0.25, -0.2) is 10.1 Å². The van der Waals surface area contributed by atoms with Gasteiger partial charge < -0.3 is 5.11 Å². The van der Waals surface area contributed by atoms with E-state index in [0.717, 1.165) is 0 Å². The lowest BCUT2D eigenvalue weighted by Crippen LogP contribution is -2.23. The normalized spacial score (nSPS) is 11.5. The van der Waals surface area contributed by atoms with E-state index in [2.05, 4.69) is 15.6 Å².